The number of thiazole rings is 1. The smallest absolute Gasteiger partial charge is 0.377 e. The van der Waals surface area contributed by atoms with E-state index < -0.39 is 0 Å². The van der Waals surface area contributed by atoms with Gasteiger partial charge in [-0.25, -0.2) is 0 Å². The minimum Gasteiger partial charge on any atom is -1.00 e. The van der Waals surface area contributed by atoms with Crippen LogP contribution < -0.4 is 41.2 Å². The number of anilines is 1. The van der Waals surface area contributed by atoms with Crippen molar-refractivity contribution in [3.8, 4) is 0 Å². The van der Waals surface area contributed by atoms with Crippen LogP contribution in [-0.4, -0.2) is 11.1 Å². The fourth-order valence-corrected chi connectivity index (χ4v) is 5.48. The number of hydrogen-bond acceptors (Lipinski definition) is 4. The third kappa shape index (κ3) is 4.58. The lowest BCUT2D eigenvalue weighted by Crippen LogP contribution is -3.00. The van der Waals surface area contributed by atoms with Crippen LogP contribution in [-0.2, 0) is 13.1 Å². The van der Waals surface area contributed by atoms with E-state index in [1.165, 1.54) is 22.6 Å². The van der Waals surface area contributed by atoms with Crippen LogP contribution >= 0.6 is 11.3 Å². The van der Waals surface area contributed by atoms with Gasteiger partial charge in [-0.2, -0.15) is 4.57 Å². The number of fused-ring (bicyclic) bond motifs is 2. The van der Waals surface area contributed by atoms with E-state index in [-0.39, 0.29) is 22.5 Å². The van der Waals surface area contributed by atoms with Crippen molar-refractivity contribution in [2.75, 3.05) is 11.4 Å². The Morgan fingerprint density at radius 2 is 1.77 bits per heavy atom. The van der Waals surface area contributed by atoms with E-state index in [9.17, 15) is 4.79 Å². The van der Waals surface area contributed by atoms with E-state index in [4.69, 9.17) is 4.42 Å². The number of allylic oxidation sites excluding steroid dienone is 3. The molecule has 5 rings (SSSR count). The van der Waals surface area contributed by atoms with Gasteiger partial charge in [0.1, 0.15) is 11.2 Å². The maximum atomic E-state index is 13.2. The van der Waals surface area contributed by atoms with Crippen LogP contribution in [0, 0.1) is 0 Å². The Hall–Kier alpha value is -3.16. The Bertz CT molecular complexity index is 1610. The first-order valence-electron chi connectivity index (χ1n) is 11.7. The monoisotopic (exact) mass is 549 g/mol. The summed E-state index contributed by atoms with van der Waals surface area (Å²) >= 11 is 1.50. The standard InChI is InChI=1S/C28H28N3O2S.BrH/c1-4-29-18-17-20(21-11-7-8-12-22(21)29)15-16-25-28(32)31(6-3)27(34-25)19-26-30(5-2)23-13-9-10-14-24(23)33-26;/h7-19H,4-6H2,1-3H3;1H/q+1;/p-1. The number of hydrogen-bond donors (Lipinski definition) is 0. The van der Waals surface area contributed by atoms with E-state index >= 15 is 0 Å². The van der Waals surface area contributed by atoms with Gasteiger partial charge in [-0.15, -0.1) is 11.3 Å². The second-order valence-corrected chi connectivity index (χ2v) is 9.12. The van der Waals surface area contributed by atoms with Gasteiger partial charge in [0, 0.05) is 36.6 Å². The van der Waals surface area contributed by atoms with Crippen molar-refractivity contribution in [2.45, 2.75) is 33.9 Å². The molecule has 35 heavy (non-hydrogen) atoms. The van der Waals surface area contributed by atoms with Crippen molar-refractivity contribution in [1.29, 1.82) is 0 Å². The van der Waals surface area contributed by atoms with E-state index in [0.717, 1.165) is 40.3 Å². The fourth-order valence-electron chi connectivity index (χ4n) is 4.44. The zero-order valence-electron chi connectivity index (χ0n) is 20.1. The molecule has 0 fully saturated rings. The average molecular weight is 551 g/mol. The number of halogens is 1. The third-order valence-electron chi connectivity index (χ3n) is 6.17. The topological polar surface area (TPSA) is 42.3 Å². The predicted octanol–water partition coefficient (Wildman–Crippen LogP) is 1.03. The number of rotatable bonds is 5. The third-order valence-corrected chi connectivity index (χ3v) is 7.24. The molecule has 0 unspecified atom stereocenters. The second kappa shape index (κ2) is 10.6. The molecular formula is C28H28BrN3O2S. The van der Waals surface area contributed by atoms with Gasteiger partial charge >= 0.3 is 5.89 Å². The summed E-state index contributed by atoms with van der Waals surface area (Å²) in [5, 5.41) is 0. The van der Waals surface area contributed by atoms with E-state index in [1.54, 1.807) is 0 Å². The molecule has 5 nitrogen and oxygen atoms in total. The summed E-state index contributed by atoms with van der Waals surface area (Å²) in [5.74, 6) is 0.751. The Labute approximate surface area is 219 Å². The lowest BCUT2D eigenvalue weighted by Gasteiger charge is -2.26. The van der Waals surface area contributed by atoms with Crippen LogP contribution in [0.3, 0.4) is 0 Å². The SMILES string of the molecule is CCN1C=CC(=CC=c2sc(=Cc3oc4ccccc4[n+]3CC)n(CC)c2=O)c2ccccc21.[Br-]. The van der Waals surface area contributed by atoms with Gasteiger partial charge in [-0.1, -0.05) is 36.4 Å². The zero-order valence-corrected chi connectivity index (χ0v) is 22.5. The van der Waals surface area contributed by atoms with Gasteiger partial charge in [-0.05, 0) is 50.6 Å². The number of para-hydroxylation sites is 3. The van der Waals surface area contributed by atoms with Gasteiger partial charge in [0.15, 0.2) is 0 Å². The summed E-state index contributed by atoms with van der Waals surface area (Å²) in [4.78, 5) is 15.4. The Morgan fingerprint density at radius 1 is 1.00 bits per heavy atom. The molecule has 3 heterocycles. The predicted molar refractivity (Wildman–Crippen MR) is 140 cm³/mol. The molecule has 0 radical (unpaired) electrons. The first kappa shape index (κ1) is 24.9. The fraction of sp³-hybridized carbons (Fsp3) is 0.214. The molecular weight excluding hydrogens is 522 g/mol. The zero-order chi connectivity index (χ0) is 23.7. The molecule has 0 bridgehead atoms. The minimum absolute atomic E-state index is 0. The van der Waals surface area contributed by atoms with Crippen molar-refractivity contribution in [2.24, 2.45) is 0 Å². The summed E-state index contributed by atoms with van der Waals surface area (Å²) < 4.78 is 11.7. The molecule has 0 spiro atoms. The van der Waals surface area contributed by atoms with Crippen molar-refractivity contribution in [3.05, 3.63) is 97.9 Å². The van der Waals surface area contributed by atoms with Crippen LogP contribution in [0.15, 0.2) is 76.1 Å². The number of aromatic nitrogens is 2. The molecule has 1 aliphatic heterocycles. The van der Waals surface area contributed by atoms with Crippen LogP contribution in [0.2, 0.25) is 0 Å². The van der Waals surface area contributed by atoms with Crippen molar-refractivity contribution in [1.82, 2.24) is 4.57 Å². The second-order valence-electron chi connectivity index (χ2n) is 8.06. The molecule has 0 saturated carbocycles. The summed E-state index contributed by atoms with van der Waals surface area (Å²) in [6, 6.07) is 16.4. The molecule has 0 atom stereocenters. The van der Waals surface area contributed by atoms with Crippen LogP contribution in [0.25, 0.3) is 28.8 Å². The molecule has 0 amide bonds. The highest BCUT2D eigenvalue weighted by molar-refractivity contribution is 7.07. The molecule has 1 aliphatic rings. The lowest BCUT2D eigenvalue weighted by atomic mass is 9.99. The molecule has 0 aliphatic carbocycles. The first-order valence-corrected chi connectivity index (χ1v) is 12.5. The normalized spacial score (nSPS) is 15.2. The van der Waals surface area contributed by atoms with Gasteiger partial charge < -0.3 is 26.3 Å². The van der Waals surface area contributed by atoms with E-state index in [1.807, 2.05) is 47.9 Å². The molecule has 4 aromatic rings. The Balaban J connectivity index is 0.00000289. The van der Waals surface area contributed by atoms with Crippen molar-refractivity contribution >= 4 is 45.8 Å². The lowest BCUT2D eigenvalue weighted by molar-refractivity contribution is -0.674. The average Bonchev–Trinajstić information content (AvgIpc) is 3.38. The maximum Gasteiger partial charge on any atom is 0.377 e. The molecule has 2 aromatic carbocycles. The highest BCUT2D eigenvalue weighted by atomic mass is 79.9. The highest BCUT2D eigenvalue weighted by Gasteiger charge is 2.19. The van der Waals surface area contributed by atoms with Crippen LogP contribution in [0.4, 0.5) is 5.69 Å². The number of oxazole rings is 1. The molecule has 2 aromatic heterocycles. The summed E-state index contributed by atoms with van der Waals surface area (Å²) in [5.41, 5.74) is 5.39. The van der Waals surface area contributed by atoms with Gasteiger partial charge in [0.25, 0.3) is 11.1 Å². The molecule has 0 saturated heterocycles. The largest absolute Gasteiger partial charge is 1.00 e. The Kier molecular flexibility index (Phi) is 7.57. The minimum atomic E-state index is 0. The van der Waals surface area contributed by atoms with Crippen molar-refractivity contribution in [3.63, 3.8) is 0 Å². The van der Waals surface area contributed by atoms with Crippen molar-refractivity contribution < 1.29 is 26.0 Å². The van der Waals surface area contributed by atoms with Gasteiger partial charge in [-0.3, -0.25) is 9.36 Å². The molecule has 180 valence electrons. The van der Waals surface area contributed by atoms with Crippen LogP contribution in [0.1, 0.15) is 32.2 Å². The summed E-state index contributed by atoms with van der Waals surface area (Å²) in [7, 11) is 0. The van der Waals surface area contributed by atoms with Gasteiger partial charge in [0.2, 0.25) is 5.58 Å². The molecule has 0 N–H and O–H groups in total. The number of nitrogens with zero attached hydrogens (tertiary/aromatic N) is 3. The highest BCUT2D eigenvalue weighted by Crippen LogP contribution is 2.32. The summed E-state index contributed by atoms with van der Waals surface area (Å²) in [6.45, 7) is 8.54. The number of benzene rings is 2. The number of aryl methyl sites for hydroxylation is 1. The Morgan fingerprint density at radius 3 is 2.54 bits per heavy atom. The van der Waals surface area contributed by atoms with E-state index in [2.05, 4.69) is 65.9 Å². The first-order chi connectivity index (χ1) is 16.6. The molecule has 7 heteroatoms. The van der Waals surface area contributed by atoms with E-state index in [0.29, 0.717) is 11.1 Å². The summed E-state index contributed by atoms with van der Waals surface area (Å²) in [6.07, 6.45) is 10.2. The quantitative estimate of drug-likeness (QED) is 0.349. The van der Waals surface area contributed by atoms with Gasteiger partial charge in [0.05, 0.1) is 10.6 Å². The van der Waals surface area contributed by atoms with Crippen LogP contribution in [0.5, 0.6) is 0 Å². The maximum absolute atomic E-state index is 13.2.